The summed E-state index contributed by atoms with van der Waals surface area (Å²) in [6, 6.07) is 0. The summed E-state index contributed by atoms with van der Waals surface area (Å²) in [5.74, 6) is 0.0838. The van der Waals surface area contributed by atoms with E-state index in [1.54, 1.807) is 6.08 Å². The van der Waals surface area contributed by atoms with E-state index in [-0.39, 0.29) is 11.2 Å². The molecule has 2 aliphatic rings. The molecule has 2 nitrogen and oxygen atoms in total. The SMILES string of the molecule is CC(C)(C)C1=CC2(CO2)C(=O)C=C1. The summed E-state index contributed by atoms with van der Waals surface area (Å²) >= 11 is 0. The number of carbonyl (C=O) groups excluding carboxylic acids is 1. The van der Waals surface area contributed by atoms with Gasteiger partial charge in [0.1, 0.15) is 0 Å². The zero-order valence-electron chi connectivity index (χ0n) is 8.26. The van der Waals surface area contributed by atoms with E-state index in [9.17, 15) is 4.79 Å². The molecule has 1 fully saturated rings. The van der Waals surface area contributed by atoms with Gasteiger partial charge in [-0.15, -0.1) is 0 Å². The molecule has 1 atom stereocenters. The first-order valence-electron chi connectivity index (χ1n) is 4.54. The zero-order valence-corrected chi connectivity index (χ0v) is 8.26. The van der Waals surface area contributed by atoms with E-state index in [4.69, 9.17) is 4.74 Å². The summed E-state index contributed by atoms with van der Waals surface area (Å²) in [5, 5.41) is 0. The predicted molar refractivity (Wildman–Crippen MR) is 50.4 cm³/mol. The van der Waals surface area contributed by atoms with Crippen LogP contribution in [0.1, 0.15) is 20.8 Å². The molecule has 1 saturated heterocycles. The van der Waals surface area contributed by atoms with Crippen molar-refractivity contribution in [3.63, 3.8) is 0 Å². The standard InChI is InChI=1S/C11H14O2/c1-10(2,3)8-4-5-9(12)11(6-8)7-13-11/h4-6H,7H2,1-3H3. The summed E-state index contributed by atoms with van der Waals surface area (Å²) in [7, 11) is 0. The largest absolute Gasteiger partial charge is 0.356 e. The van der Waals surface area contributed by atoms with E-state index in [1.165, 1.54) is 5.57 Å². The normalized spacial score (nSPS) is 32.2. The molecule has 2 rings (SSSR count). The fraction of sp³-hybridized carbons (Fsp3) is 0.545. The first kappa shape index (κ1) is 8.70. The van der Waals surface area contributed by atoms with E-state index < -0.39 is 5.60 Å². The quantitative estimate of drug-likeness (QED) is 0.530. The van der Waals surface area contributed by atoms with Gasteiger partial charge in [-0.25, -0.2) is 0 Å². The summed E-state index contributed by atoms with van der Waals surface area (Å²) in [6.45, 7) is 6.95. The molecule has 0 aromatic rings. The van der Waals surface area contributed by atoms with Crippen LogP contribution in [0.25, 0.3) is 0 Å². The van der Waals surface area contributed by atoms with E-state index in [1.807, 2.05) is 12.2 Å². The maximum Gasteiger partial charge on any atom is 0.193 e. The lowest BCUT2D eigenvalue weighted by Crippen LogP contribution is -2.25. The molecular formula is C11H14O2. The molecule has 1 aliphatic carbocycles. The highest BCUT2D eigenvalue weighted by Gasteiger charge is 2.50. The topological polar surface area (TPSA) is 29.6 Å². The number of epoxide rings is 1. The van der Waals surface area contributed by atoms with Gasteiger partial charge in [0.2, 0.25) is 0 Å². The second-order valence-electron chi connectivity index (χ2n) is 4.73. The lowest BCUT2D eigenvalue weighted by molar-refractivity contribution is -0.118. The van der Waals surface area contributed by atoms with Crippen LogP contribution < -0.4 is 0 Å². The minimum absolute atomic E-state index is 0.0838. The van der Waals surface area contributed by atoms with E-state index >= 15 is 0 Å². The third-order valence-corrected chi connectivity index (χ3v) is 2.54. The Labute approximate surface area is 78.3 Å². The van der Waals surface area contributed by atoms with Crippen molar-refractivity contribution in [1.29, 1.82) is 0 Å². The Bertz CT molecular complexity index is 311. The Morgan fingerprint density at radius 2 is 2.00 bits per heavy atom. The summed E-state index contributed by atoms with van der Waals surface area (Å²) in [5.41, 5.74) is 0.706. The number of hydrogen-bond acceptors (Lipinski definition) is 2. The van der Waals surface area contributed by atoms with Crippen molar-refractivity contribution in [1.82, 2.24) is 0 Å². The van der Waals surface area contributed by atoms with E-state index in [2.05, 4.69) is 20.8 Å². The summed E-state index contributed by atoms with van der Waals surface area (Å²) in [6.07, 6.45) is 5.50. The van der Waals surface area contributed by atoms with Crippen LogP contribution in [0.4, 0.5) is 0 Å². The van der Waals surface area contributed by atoms with Gasteiger partial charge in [-0.2, -0.15) is 0 Å². The van der Waals surface area contributed by atoms with Crippen molar-refractivity contribution in [2.24, 2.45) is 5.41 Å². The molecule has 1 heterocycles. The zero-order chi connectivity index (χ0) is 9.69. The van der Waals surface area contributed by atoms with Gasteiger partial charge in [0.15, 0.2) is 11.4 Å². The Kier molecular flexibility index (Phi) is 1.55. The highest BCUT2D eigenvalue weighted by molar-refractivity contribution is 6.02. The van der Waals surface area contributed by atoms with Crippen LogP contribution in [0.15, 0.2) is 23.8 Å². The van der Waals surface area contributed by atoms with Crippen LogP contribution in [0.3, 0.4) is 0 Å². The Hall–Kier alpha value is -0.890. The van der Waals surface area contributed by atoms with Gasteiger partial charge in [-0.05, 0) is 23.1 Å². The van der Waals surface area contributed by atoms with E-state index in [0.717, 1.165) is 0 Å². The average molecular weight is 178 g/mol. The first-order valence-corrected chi connectivity index (χ1v) is 4.54. The van der Waals surface area contributed by atoms with Crippen molar-refractivity contribution >= 4 is 5.78 Å². The fourth-order valence-electron chi connectivity index (χ4n) is 1.45. The van der Waals surface area contributed by atoms with Crippen molar-refractivity contribution in [2.45, 2.75) is 26.4 Å². The van der Waals surface area contributed by atoms with E-state index in [0.29, 0.717) is 6.61 Å². The molecular weight excluding hydrogens is 164 g/mol. The fourth-order valence-corrected chi connectivity index (χ4v) is 1.45. The second kappa shape index (κ2) is 2.32. The minimum Gasteiger partial charge on any atom is -0.356 e. The van der Waals surface area contributed by atoms with Gasteiger partial charge in [0, 0.05) is 0 Å². The van der Waals surface area contributed by atoms with Crippen LogP contribution in [0.5, 0.6) is 0 Å². The molecule has 1 unspecified atom stereocenters. The van der Waals surface area contributed by atoms with Crippen molar-refractivity contribution in [3.8, 4) is 0 Å². The highest BCUT2D eigenvalue weighted by Crippen LogP contribution is 2.39. The number of allylic oxidation sites excluding steroid dienone is 2. The van der Waals surface area contributed by atoms with Crippen LogP contribution >= 0.6 is 0 Å². The molecule has 0 N–H and O–H groups in total. The Morgan fingerprint density at radius 3 is 2.46 bits per heavy atom. The van der Waals surface area contributed by atoms with Gasteiger partial charge in [0.25, 0.3) is 0 Å². The number of hydrogen-bond donors (Lipinski definition) is 0. The predicted octanol–water partition coefficient (Wildman–Crippen LogP) is 1.87. The van der Waals surface area contributed by atoms with Gasteiger partial charge < -0.3 is 4.74 Å². The number of ketones is 1. The number of carbonyl (C=O) groups is 1. The number of ether oxygens (including phenoxy) is 1. The van der Waals surface area contributed by atoms with Crippen LogP contribution in [0, 0.1) is 5.41 Å². The van der Waals surface area contributed by atoms with Gasteiger partial charge >= 0.3 is 0 Å². The third kappa shape index (κ3) is 1.35. The summed E-state index contributed by atoms with van der Waals surface area (Å²) < 4.78 is 5.20. The lowest BCUT2D eigenvalue weighted by Gasteiger charge is -2.23. The van der Waals surface area contributed by atoms with Crippen molar-refractivity contribution < 1.29 is 9.53 Å². The van der Waals surface area contributed by atoms with Crippen molar-refractivity contribution in [3.05, 3.63) is 23.8 Å². The highest BCUT2D eigenvalue weighted by atomic mass is 16.6. The van der Waals surface area contributed by atoms with Gasteiger partial charge in [-0.3, -0.25) is 4.79 Å². The molecule has 0 amide bonds. The van der Waals surface area contributed by atoms with Crippen LogP contribution in [-0.2, 0) is 9.53 Å². The number of rotatable bonds is 0. The molecule has 0 radical (unpaired) electrons. The molecule has 0 saturated carbocycles. The van der Waals surface area contributed by atoms with Gasteiger partial charge in [-0.1, -0.05) is 26.8 Å². The first-order chi connectivity index (χ1) is 5.94. The molecule has 13 heavy (non-hydrogen) atoms. The molecule has 1 spiro atoms. The molecule has 0 bridgehead atoms. The monoisotopic (exact) mass is 178 g/mol. The lowest BCUT2D eigenvalue weighted by atomic mass is 9.81. The average Bonchev–Trinajstić information content (AvgIpc) is 2.75. The van der Waals surface area contributed by atoms with Crippen molar-refractivity contribution in [2.75, 3.05) is 6.61 Å². The maximum atomic E-state index is 11.4. The molecule has 0 aromatic carbocycles. The smallest absolute Gasteiger partial charge is 0.193 e. The molecule has 2 heteroatoms. The van der Waals surface area contributed by atoms with Crippen LogP contribution in [0.2, 0.25) is 0 Å². The summed E-state index contributed by atoms with van der Waals surface area (Å²) in [4.78, 5) is 11.4. The van der Waals surface area contributed by atoms with Crippen LogP contribution in [-0.4, -0.2) is 18.0 Å². The Morgan fingerprint density at radius 1 is 1.38 bits per heavy atom. The molecule has 0 aromatic heterocycles. The second-order valence-corrected chi connectivity index (χ2v) is 4.73. The van der Waals surface area contributed by atoms with Gasteiger partial charge in [0.05, 0.1) is 6.61 Å². The minimum atomic E-state index is -0.572. The molecule has 1 aliphatic heterocycles. The third-order valence-electron chi connectivity index (χ3n) is 2.54. The maximum absolute atomic E-state index is 11.4. The Balaban J connectivity index is 2.34. The molecule has 70 valence electrons.